The van der Waals surface area contributed by atoms with E-state index in [-0.39, 0.29) is 32.7 Å². The molecule has 10 heavy (non-hydrogen) atoms. The Kier molecular flexibility index (Phi) is 4.05. The first-order valence-electron chi connectivity index (χ1n) is 2.81. The molecule has 1 radical (unpaired) electrons. The zero-order valence-corrected chi connectivity index (χ0v) is 8.99. The van der Waals surface area contributed by atoms with E-state index < -0.39 is 0 Å². The van der Waals surface area contributed by atoms with E-state index in [1.165, 1.54) is 0 Å². The van der Waals surface area contributed by atoms with Crippen molar-refractivity contribution in [3.05, 3.63) is 12.7 Å². The summed E-state index contributed by atoms with van der Waals surface area (Å²) in [5.74, 6) is 0.616. The van der Waals surface area contributed by atoms with Gasteiger partial charge >= 0.3 is 0 Å². The fourth-order valence-electron chi connectivity index (χ4n) is 0.613. The van der Waals surface area contributed by atoms with E-state index in [1.807, 2.05) is 13.8 Å². The van der Waals surface area contributed by atoms with E-state index in [9.17, 15) is 0 Å². The molecule has 1 rings (SSSR count). The first-order valence-corrected chi connectivity index (χ1v) is 2.81. The Morgan fingerprint density at radius 1 is 1.50 bits per heavy atom. The maximum absolute atomic E-state index is 3.71. The largest absolute Gasteiger partial charge is 0.336 e. The van der Waals surface area contributed by atoms with Crippen molar-refractivity contribution >= 4 is 0 Å². The Labute approximate surface area is 85.3 Å². The monoisotopic (exact) mass is 214 g/mol. The van der Waals surface area contributed by atoms with Gasteiger partial charge in [-0.15, -0.1) is 5.10 Å². The van der Waals surface area contributed by atoms with E-state index in [0.717, 1.165) is 0 Å². The van der Waals surface area contributed by atoms with Crippen LogP contribution in [0.15, 0.2) is 0 Å². The van der Waals surface area contributed by atoms with Gasteiger partial charge in [-0.25, -0.2) is 0 Å². The summed E-state index contributed by atoms with van der Waals surface area (Å²) in [6.45, 7) is 7.64. The van der Waals surface area contributed by atoms with Gasteiger partial charge in [-0.1, -0.05) is 0 Å². The van der Waals surface area contributed by atoms with Crippen molar-refractivity contribution in [1.29, 1.82) is 0 Å². The number of aromatic nitrogens is 4. The van der Waals surface area contributed by atoms with Gasteiger partial charge in [0.05, 0.1) is 0 Å². The van der Waals surface area contributed by atoms with Crippen LogP contribution >= 0.6 is 0 Å². The third-order valence-corrected chi connectivity index (χ3v) is 1.05. The molecule has 0 saturated carbocycles. The minimum absolute atomic E-state index is 0. The standard InChI is InChI=1S/C5H9N4.Y/c1-4(2)9-5(3)6-7-8-9;/h4H,3H2,1-2H3;/q-1;. The molecule has 0 N–H and O–H groups in total. The summed E-state index contributed by atoms with van der Waals surface area (Å²) in [6.07, 6.45) is 0. The SMILES string of the molecule is [CH2-]c1nnnn1C(C)C.[Y]. The van der Waals surface area contributed by atoms with Gasteiger partial charge in [0.15, 0.2) is 0 Å². The molecule has 0 fully saturated rings. The normalized spacial score (nSPS) is 9.50. The smallest absolute Gasteiger partial charge is 0.0472 e. The van der Waals surface area contributed by atoms with E-state index >= 15 is 0 Å². The Morgan fingerprint density at radius 3 is 2.30 bits per heavy atom. The average Bonchev–Trinajstić information content (AvgIpc) is 2.13. The molecule has 0 amide bonds. The van der Waals surface area contributed by atoms with Gasteiger partial charge in [0.1, 0.15) is 0 Å². The van der Waals surface area contributed by atoms with Crippen molar-refractivity contribution in [3.63, 3.8) is 0 Å². The first-order chi connectivity index (χ1) is 4.22. The summed E-state index contributed by atoms with van der Waals surface area (Å²) in [4.78, 5) is 0. The summed E-state index contributed by atoms with van der Waals surface area (Å²) in [7, 11) is 0. The molecule has 0 aromatic carbocycles. The number of hydrogen-bond acceptors (Lipinski definition) is 3. The van der Waals surface area contributed by atoms with Crippen LogP contribution in [0.2, 0.25) is 0 Å². The van der Waals surface area contributed by atoms with Gasteiger partial charge < -0.3 is 6.92 Å². The van der Waals surface area contributed by atoms with Crippen LogP contribution in [0.5, 0.6) is 0 Å². The van der Waals surface area contributed by atoms with E-state index in [1.54, 1.807) is 4.68 Å². The van der Waals surface area contributed by atoms with Crippen LogP contribution in [-0.4, -0.2) is 20.2 Å². The molecular formula is C5H9N4Y-. The molecule has 0 unspecified atom stereocenters. The summed E-state index contributed by atoms with van der Waals surface area (Å²) >= 11 is 0. The molecule has 0 aliphatic heterocycles. The molecule has 5 heteroatoms. The van der Waals surface area contributed by atoms with Crippen LogP contribution in [0.25, 0.3) is 0 Å². The van der Waals surface area contributed by atoms with Gasteiger partial charge in [-0.05, 0) is 24.3 Å². The van der Waals surface area contributed by atoms with Gasteiger partial charge in [-0.2, -0.15) is 0 Å². The Morgan fingerprint density at radius 2 is 2.10 bits per heavy atom. The summed E-state index contributed by atoms with van der Waals surface area (Å²) in [5.41, 5.74) is 0. The van der Waals surface area contributed by atoms with Crippen molar-refractivity contribution in [2.24, 2.45) is 0 Å². The number of nitrogens with zero attached hydrogens (tertiary/aromatic N) is 4. The van der Waals surface area contributed by atoms with Crippen LogP contribution in [0.4, 0.5) is 0 Å². The maximum Gasteiger partial charge on any atom is 0.0472 e. The molecule has 4 nitrogen and oxygen atoms in total. The molecule has 0 atom stereocenters. The van der Waals surface area contributed by atoms with Crippen molar-refractivity contribution in [3.8, 4) is 0 Å². The van der Waals surface area contributed by atoms with Gasteiger partial charge in [0, 0.05) is 44.6 Å². The Bertz CT molecular complexity index is 195. The summed E-state index contributed by atoms with van der Waals surface area (Å²) in [6, 6.07) is 0.299. The third-order valence-electron chi connectivity index (χ3n) is 1.05. The predicted octanol–water partition coefficient (Wildman–Crippen LogP) is 0.434. The molecular weight excluding hydrogens is 205 g/mol. The van der Waals surface area contributed by atoms with Crippen molar-refractivity contribution in [2.45, 2.75) is 19.9 Å². The van der Waals surface area contributed by atoms with Gasteiger partial charge in [-0.3, -0.25) is 4.68 Å². The first kappa shape index (κ1) is 10.0. The second-order valence-corrected chi connectivity index (χ2v) is 2.13. The summed E-state index contributed by atoms with van der Waals surface area (Å²) in [5, 5.41) is 10.8. The zero-order valence-electron chi connectivity index (χ0n) is 6.15. The third kappa shape index (κ3) is 2.02. The van der Waals surface area contributed by atoms with E-state index in [4.69, 9.17) is 0 Å². The van der Waals surface area contributed by atoms with Crippen LogP contribution in [0, 0.1) is 6.92 Å². The van der Waals surface area contributed by atoms with Crippen LogP contribution in [0.1, 0.15) is 25.7 Å². The van der Waals surface area contributed by atoms with Gasteiger partial charge in [0.25, 0.3) is 0 Å². The molecule has 1 aromatic rings. The number of rotatable bonds is 1. The van der Waals surface area contributed by atoms with E-state index in [2.05, 4.69) is 22.4 Å². The second kappa shape index (κ2) is 4.03. The van der Waals surface area contributed by atoms with E-state index in [0.29, 0.717) is 11.9 Å². The molecule has 0 aliphatic rings. The van der Waals surface area contributed by atoms with Crippen molar-refractivity contribution < 1.29 is 32.7 Å². The average molecular weight is 214 g/mol. The molecule has 0 spiro atoms. The topological polar surface area (TPSA) is 43.6 Å². The maximum atomic E-state index is 3.71. The number of tetrazole rings is 1. The fraction of sp³-hybridized carbons (Fsp3) is 0.600. The zero-order chi connectivity index (χ0) is 6.85. The molecule has 0 bridgehead atoms. The summed E-state index contributed by atoms with van der Waals surface area (Å²) < 4.78 is 1.67. The number of hydrogen-bond donors (Lipinski definition) is 0. The predicted molar refractivity (Wildman–Crippen MR) is 32.7 cm³/mol. The molecule has 1 heterocycles. The molecule has 0 saturated heterocycles. The van der Waals surface area contributed by atoms with Crippen molar-refractivity contribution in [2.75, 3.05) is 0 Å². The van der Waals surface area contributed by atoms with Crippen molar-refractivity contribution in [1.82, 2.24) is 20.2 Å². The minimum Gasteiger partial charge on any atom is -0.336 e. The minimum atomic E-state index is 0. The Hall–Kier alpha value is 0.0439. The Balaban J connectivity index is 0.000000810. The van der Waals surface area contributed by atoms with Gasteiger partial charge in [0.2, 0.25) is 0 Å². The molecule has 1 aromatic heterocycles. The molecule has 53 valence electrons. The van der Waals surface area contributed by atoms with Crippen LogP contribution in [-0.2, 0) is 32.7 Å². The molecule has 0 aliphatic carbocycles. The fourth-order valence-corrected chi connectivity index (χ4v) is 0.613. The van der Waals surface area contributed by atoms with Crippen LogP contribution < -0.4 is 0 Å². The quantitative estimate of drug-likeness (QED) is 0.637. The second-order valence-electron chi connectivity index (χ2n) is 2.13. The van der Waals surface area contributed by atoms with Crippen LogP contribution in [0.3, 0.4) is 0 Å².